The maximum atomic E-state index is 13.4. The highest BCUT2D eigenvalue weighted by atomic mass is 32.2. The van der Waals surface area contributed by atoms with Crippen LogP contribution >= 0.6 is 11.8 Å². The van der Waals surface area contributed by atoms with Crippen LogP contribution in [0.3, 0.4) is 0 Å². The minimum atomic E-state index is -0.485. The van der Waals surface area contributed by atoms with Crippen molar-refractivity contribution in [2.45, 2.75) is 25.9 Å². The van der Waals surface area contributed by atoms with E-state index in [1.165, 1.54) is 16.7 Å². The largest absolute Gasteiger partial charge is 0.325 e. The third-order valence-corrected chi connectivity index (χ3v) is 6.54. The highest BCUT2D eigenvalue weighted by molar-refractivity contribution is 7.99. The first kappa shape index (κ1) is 23.2. The number of fused-ring (bicyclic) bond motifs is 1. The normalized spacial score (nSPS) is 10.9. The van der Waals surface area contributed by atoms with Crippen molar-refractivity contribution in [1.29, 1.82) is 0 Å². The Morgan fingerprint density at radius 3 is 2.56 bits per heavy atom. The second-order valence-corrected chi connectivity index (χ2v) is 8.81. The molecule has 0 unspecified atom stereocenters. The van der Waals surface area contributed by atoms with Crippen LogP contribution in [0.2, 0.25) is 0 Å². The molecule has 0 spiro atoms. The number of anilines is 1. The lowest BCUT2D eigenvalue weighted by Crippen LogP contribution is -2.23. The zero-order valence-corrected chi connectivity index (χ0v) is 19.7. The highest BCUT2D eigenvalue weighted by Gasteiger charge is 2.17. The number of carbonyl (C=O) groups excluding carboxylic acids is 1. The van der Waals surface area contributed by atoms with Crippen molar-refractivity contribution < 1.29 is 9.72 Å². The maximum Gasteiger partial charge on any atom is 0.274 e. The quantitative estimate of drug-likeness (QED) is 0.183. The smallest absolute Gasteiger partial charge is 0.274 e. The maximum absolute atomic E-state index is 13.4. The van der Waals surface area contributed by atoms with E-state index in [0.29, 0.717) is 33.0 Å². The number of para-hydroxylation sites is 1. The lowest BCUT2D eigenvalue weighted by molar-refractivity contribution is -0.385. The molecule has 3 aromatic carbocycles. The standard InChI is InChI=1S/C25H22N4O4S/c1-15-11-12-18(13-16(15)2)28-24(31)19-7-4-5-8-21(19)27-25(28)34-14-23(30)26-20-9-6-10-22(17(20)3)29(32)33/h4-13H,14H2,1-3H3,(H,26,30). The van der Waals surface area contributed by atoms with Crippen molar-refractivity contribution in [3.05, 3.63) is 97.8 Å². The van der Waals surface area contributed by atoms with E-state index in [1.807, 2.05) is 32.0 Å². The topological polar surface area (TPSA) is 107 Å². The molecular weight excluding hydrogens is 452 g/mol. The van der Waals surface area contributed by atoms with E-state index < -0.39 is 4.92 Å². The third-order valence-electron chi connectivity index (χ3n) is 5.60. The number of benzene rings is 3. The molecule has 1 amide bonds. The number of nitro groups is 1. The van der Waals surface area contributed by atoms with Gasteiger partial charge in [-0.15, -0.1) is 0 Å². The number of hydrogen-bond acceptors (Lipinski definition) is 6. The minimum absolute atomic E-state index is 0.0300. The number of thioether (sulfide) groups is 1. The molecule has 4 aromatic rings. The van der Waals surface area contributed by atoms with Gasteiger partial charge in [0.15, 0.2) is 5.16 Å². The second kappa shape index (κ2) is 9.48. The number of hydrogen-bond donors (Lipinski definition) is 1. The molecule has 172 valence electrons. The fourth-order valence-electron chi connectivity index (χ4n) is 3.57. The molecule has 0 bridgehead atoms. The van der Waals surface area contributed by atoms with Crippen LogP contribution in [0.4, 0.5) is 11.4 Å². The van der Waals surface area contributed by atoms with Crippen molar-refractivity contribution in [2.75, 3.05) is 11.1 Å². The summed E-state index contributed by atoms with van der Waals surface area (Å²) in [5.41, 5.74) is 3.82. The zero-order chi connectivity index (χ0) is 24.4. The molecule has 0 saturated carbocycles. The van der Waals surface area contributed by atoms with Gasteiger partial charge in [-0.3, -0.25) is 24.3 Å². The van der Waals surface area contributed by atoms with E-state index in [9.17, 15) is 19.7 Å². The number of amides is 1. The number of aromatic nitrogens is 2. The molecular formula is C25H22N4O4S. The first-order valence-corrected chi connectivity index (χ1v) is 11.5. The number of aryl methyl sites for hydroxylation is 2. The SMILES string of the molecule is Cc1ccc(-n2c(SCC(=O)Nc3cccc([N+](=O)[O-])c3C)nc3ccccc3c2=O)cc1C. The zero-order valence-electron chi connectivity index (χ0n) is 18.9. The van der Waals surface area contributed by atoms with Crippen molar-refractivity contribution >= 4 is 39.9 Å². The molecule has 0 atom stereocenters. The van der Waals surface area contributed by atoms with Crippen molar-refractivity contribution in [3.8, 4) is 5.69 Å². The number of carbonyl (C=O) groups is 1. The lowest BCUT2D eigenvalue weighted by atomic mass is 10.1. The number of rotatable bonds is 6. The molecule has 4 rings (SSSR count). The monoisotopic (exact) mass is 474 g/mol. The Hall–Kier alpha value is -3.98. The number of nitro benzene ring substituents is 1. The van der Waals surface area contributed by atoms with Crippen LogP contribution in [-0.4, -0.2) is 26.1 Å². The third kappa shape index (κ3) is 4.55. The Morgan fingerprint density at radius 2 is 1.82 bits per heavy atom. The molecule has 0 aliphatic rings. The van der Waals surface area contributed by atoms with E-state index in [-0.39, 0.29) is 22.9 Å². The van der Waals surface area contributed by atoms with Crippen LogP contribution in [-0.2, 0) is 4.79 Å². The first-order chi connectivity index (χ1) is 16.3. The van der Waals surface area contributed by atoms with Gasteiger partial charge in [-0.05, 0) is 62.2 Å². The summed E-state index contributed by atoms with van der Waals surface area (Å²) in [4.78, 5) is 41.4. The highest BCUT2D eigenvalue weighted by Crippen LogP contribution is 2.26. The number of nitrogens with one attached hydrogen (secondary N) is 1. The van der Waals surface area contributed by atoms with E-state index in [1.54, 1.807) is 37.3 Å². The van der Waals surface area contributed by atoms with Gasteiger partial charge in [0.2, 0.25) is 5.91 Å². The first-order valence-electron chi connectivity index (χ1n) is 10.5. The fraction of sp³-hybridized carbons (Fsp3) is 0.160. The van der Waals surface area contributed by atoms with Gasteiger partial charge in [0, 0.05) is 6.07 Å². The molecule has 34 heavy (non-hydrogen) atoms. The Bertz CT molecular complexity index is 1500. The van der Waals surface area contributed by atoms with Crippen molar-refractivity contribution in [3.63, 3.8) is 0 Å². The molecule has 0 aliphatic carbocycles. The minimum Gasteiger partial charge on any atom is -0.325 e. The molecule has 0 radical (unpaired) electrons. The van der Waals surface area contributed by atoms with Gasteiger partial charge in [-0.1, -0.05) is 36.0 Å². The Balaban J connectivity index is 1.67. The summed E-state index contributed by atoms with van der Waals surface area (Å²) in [6.45, 7) is 5.56. The van der Waals surface area contributed by atoms with Crippen LogP contribution in [0.5, 0.6) is 0 Å². The van der Waals surface area contributed by atoms with Gasteiger partial charge in [0.25, 0.3) is 11.2 Å². The van der Waals surface area contributed by atoms with Gasteiger partial charge >= 0.3 is 0 Å². The van der Waals surface area contributed by atoms with Gasteiger partial charge in [0.1, 0.15) is 0 Å². The van der Waals surface area contributed by atoms with Crippen molar-refractivity contribution in [2.24, 2.45) is 0 Å². The molecule has 1 aromatic heterocycles. The summed E-state index contributed by atoms with van der Waals surface area (Å²) in [5.74, 6) is -0.389. The lowest BCUT2D eigenvalue weighted by Gasteiger charge is -2.14. The molecule has 8 nitrogen and oxygen atoms in total. The Morgan fingerprint density at radius 1 is 1.06 bits per heavy atom. The number of nitrogens with zero attached hydrogens (tertiary/aromatic N) is 3. The van der Waals surface area contributed by atoms with Crippen LogP contribution in [0.25, 0.3) is 16.6 Å². The summed E-state index contributed by atoms with van der Waals surface area (Å²) in [5, 5.41) is 14.8. The predicted octanol–water partition coefficient (Wildman–Crippen LogP) is 4.95. The fourth-order valence-corrected chi connectivity index (χ4v) is 4.39. The average Bonchev–Trinajstić information content (AvgIpc) is 2.81. The summed E-state index contributed by atoms with van der Waals surface area (Å²) in [7, 11) is 0. The molecule has 1 N–H and O–H groups in total. The Kier molecular flexibility index (Phi) is 6.47. The Labute approximate surface area is 199 Å². The van der Waals surface area contributed by atoms with Crippen LogP contribution in [0.1, 0.15) is 16.7 Å². The van der Waals surface area contributed by atoms with Gasteiger partial charge in [0.05, 0.1) is 38.5 Å². The molecule has 0 fully saturated rings. The van der Waals surface area contributed by atoms with Gasteiger partial charge in [-0.25, -0.2) is 4.98 Å². The molecule has 0 saturated heterocycles. The average molecular weight is 475 g/mol. The summed E-state index contributed by atoms with van der Waals surface area (Å²) in [6, 6.07) is 17.3. The van der Waals surface area contributed by atoms with Crippen LogP contribution < -0.4 is 10.9 Å². The predicted molar refractivity (Wildman–Crippen MR) is 134 cm³/mol. The van der Waals surface area contributed by atoms with E-state index in [4.69, 9.17) is 0 Å². The second-order valence-electron chi connectivity index (χ2n) is 7.86. The molecule has 0 aliphatic heterocycles. The van der Waals surface area contributed by atoms with Gasteiger partial charge in [-0.2, -0.15) is 0 Å². The van der Waals surface area contributed by atoms with Crippen molar-refractivity contribution in [1.82, 2.24) is 9.55 Å². The molecule has 1 heterocycles. The van der Waals surface area contributed by atoms with Crippen LogP contribution in [0, 0.1) is 30.9 Å². The van der Waals surface area contributed by atoms with Crippen LogP contribution in [0.15, 0.2) is 70.6 Å². The van der Waals surface area contributed by atoms with Gasteiger partial charge < -0.3 is 5.32 Å². The summed E-state index contributed by atoms with van der Waals surface area (Å²) >= 11 is 1.13. The summed E-state index contributed by atoms with van der Waals surface area (Å²) < 4.78 is 1.52. The van der Waals surface area contributed by atoms with E-state index in [0.717, 1.165) is 22.9 Å². The molecule has 9 heteroatoms. The summed E-state index contributed by atoms with van der Waals surface area (Å²) in [6.07, 6.45) is 0. The van der Waals surface area contributed by atoms with E-state index in [2.05, 4.69) is 10.3 Å². The van der Waals surface area contributed by atoms with E-state index >= 15 is 0 Å².